The Morgan fingerprint density at radius 3 is 2.94 bits per heavy atom. The van der Waals surface area contributed by atoms with Crippen molar-refractivity contribution in [1.29, 1.82) is 0 Å². The summed E-state index contributed by atoms with van der Waals surface area (Å²) in [5.74, 6) is 1.20. The van der Waals surface area contributed by atoms with E-state index in [1.807, 2.05) is 0 Å². The van der Waals surface area contributed by atoms with Gasteiger partial charge >= 0.3 is 0 Å². The summed E-state index contributed by atoms with van der Waals surface area (Å²) in [5, 5.41) is 0.525. The fourth-order valence-corrected chi connectivity index (χ4v) is 1.79. The van der Waals surface area contributed by atoms with Crippen LogP contribution in [0.15, 0.2) is 29.1 Å². The second-order valence-corrected chi connectivity index (χ2v) is 4.10. The molecule has 1 aromatic carbocycles. The lowest BCUT2D eigenvalue weighted by Crippen LogP contribution is -2.09. The normalized spacial score (nSPS) is 10.4. The van der Waals surface area contributed by atoms with Crippen molar-refractivity contribution in [3.63, 3.8) is 0 Å². The van der Waals surface area contributed by atoms with Gasteiger partial charge < -0.3 is 15.5 Å². The smallest absolute Gasteiger partial charge is 0.254 e. The van der Waals surface area contributed by atoms with Crippen molar-refractivity contribution in [2.75, 3.05) is 0 Å². The quantitative estimate of drug-likeness (QED) is 0.889. The maximum absolute atomic E-state index is 11.3. The summed E-state index contributed by atoms with van der Waals surface area (Å²) in [7, 11) is 0. The number of nitrogens with one attached hydrogen (secondary N) is 1. The van der Waals surface area contributed by atoms with E-state index in [4.69, 9.17) is 22.1 Å². The van der Waals surface area contributed by atoms with Crippen molar-refractivity contribution in [1.82, 2.24) is 9.97 Å². The Balaban J connectivity index is 2.39. The lowest BCUT2D eigenvalue weighted by Gasteiger charge is -2.10. The van der Waals surface area contributed by atoms with Crippen LogP contribution in [0.4, 0.5) is 0 Å². The summed E-state index contributed by atoms with van der Waals surface area (Å²) in [6.45, 7) is 1.92. The molecule has 2 rings (SSSR count). The number of nitrogens with zero attached hydrogens (tertiary/aromatic N) is 1. The van der Waals surface area contributed by atoms with E-state index in [0.29, 0.717) is 22.2 Å². The van der Waals surface area contributed by atoms with E-state index in [2.05, 4.69) is 9.97 Å². The number of ether oxygens (including phenoxy) is 1. The molecule has 18 heavy (non-hydrogen) atoms. The lowest BCUT2D eigenvalue weighted by atomic mass is 10.2. The average molecular weight is 266 g/mol. The van der Waals surface area contributed by atoms with Crippen LogP contribution in [0.2, 0.25) is 5.02 Å². The van der Waals surface area contributed by atoms with E-state index < -0.39 is 0 Å². The molecule has 94 valence electrons. The topological polar surface area (TPSA) is 81.0 Å². The van der Waals surface area contributed by atoms with E-state index in [0.717, 1.165) is 0 Å². The second-order valence-electron chi connectivity index (χ2n) is 3.69. The molecule has 0 atom stereocenters. The van der Waals surface area contributed by atoms with Crippen LogP contribution in [0, 0.1) is 6.92 Å². The van der Waals surface area contributed by atoms with Gasteiger partial charge in [0.2, 0.25) is 5.88 Å². The maximum Gasteiger partial charge on any atom is 0.254 e. The first-order valence-electron chi connectivity index (χ1n) is 5.33. The number of halogens is 1. The maximum atomic E-state index is 11.3. The van der Waals surface area contributed by atoms with E-state index in [9.17, 15) is 4.79 Å². The Kier molecular flexibility index (Phi) is 3.64. The van der Waals surface area contributed by atoms with Gasteiger partial charge in [-0.25, -0.2) is 4.98 Å². The van der Waals surface area contributed by atoms with E-state index in [1.165, 1.54) is 6.07 Å². The zero-order chi connectivity index (χ0) is 13.1. The lowest BCUT2D eigenvalue weighted by molar-refractivity contribution is 0.453. The van der Waals surface area contributed by atoms with Crippen LogP contribution >= 0.6 is 11.6 Å². The molecule has 0 fully saturated rings. The van der Waals surface area contributed by atoms with E-state index in [1.54, 1.807) is 25.1 Å². The summed E-state index contributed by atoms with van der Waals surface area (Å²) in [6.07, 6.45) is 0. The van der Waals surface area contributed by atoms with Gasteiger partial charge in [-0.3, -0.25) is 4.79 Å². The summed E-state index contributed by atoms with van der Waals surface area (Å²) in [4.78, 5) is 17.9. The predicted octanol–water partition coefficient (Wildman–Crippen LogP) is 1.98. The van der Waals surface area contributed by atoms with Crippen LogP contribution in [0.3, 0.4) is 0 Å². The fourth-order valence-electron chi connectivity index (χ4n) is 1.55. The van der Waals surface area contributed by atoms with E-state index in [-0.39, 0.29) is 18.0 Å². The van der Waals surface area contributed by atoms with Gasteiger partial charge in [0, 0.05) is 17.1 Å². The number of rotatable bonds is 3. The largest absolute Gasteiger partial charge is 0.438 e. The Labute approximate surface area is 109 Å². The highest BCUT2D eigenvalue weighted by molar-refractivity contribution is 6.31. The Morgan fingerprint density at radius 1 is 1.50 bits per heavy atom. The van der Waals surface area contributed by atoms with Gasteiger partial charge in [-0.1, -0.05) is 17.7 Å². The third-order valence-corrected chi connectivity index (χ3v) is 2.69. The molecule has 0 aliphatic carbocycles. The number of aromatic amines is 1. The van der Waals surface area contributed by atoms with Gasteiger partial charge in [0.05, 0.1) is 6.07 Å². The minimum atomic E-state index is -0.270. The Bertz CT molecular complexity index is 625. The van der Waals surface area contributed by atoms with Crippen LogP contribution < -0.4 is 16.0 Å². The molecule has 1 heterocycles. The highest BCUT2D eigenvalue weighted by Gasteiger charge is 2.08. The van der Waals surface area contributed by atoms with Gasteiger partial charge in [0.25, 0.3) is 5.56 Å². The average Bonchev–Trinajstić information content (AvgIpc) is 2.27. The third-order valence-electron chi connectivity index (χ3n) is 2.33. The van der Waals surface area contributed by atoms with Crippen LogP contribution in [0.1, 0.15) is 11.4 Å². The summed E-state index contributed by atoms with van der Waals surface area (Å²) in [6, 6.07) is 6.48. The van der Waals surface area contributed by atoms with Crippen molar-refractivity contribution in [3.05, 3.63) is 51.0 Å². The Hall–Kier alpha value is -1.85. The number of benzene rings is 1. The van der Waals surface area contributed by atoms with Gasteiger partial charge in [-0.05, 0) is 19.1 Å². The number of hydrogen-bond acceptors (Lipinski definition) is 4. The minimum Gasteiger partial charge on any atom is -0.438 e. The molecule has 0 radical (unpaired) electrons. The molecule has 3 N–H and O–H groups in total. The van der Waals surface area contributed by atoms with E-state index >= 15 is 0 Å². The molecule has 0 saturated heterocycles. The van der Waals surface area contributed by atoms with Crippen molar-refractivity contribution in [3.8, 4) is 11.6 Å². The molecule has 1 aromatic heterocycles. The zero-order valence-electron chi connectivity index (χ0n) is 9.74. The van der Waals surface area contributed by atoms with Gasteiger partial charge in [0.15, 0.2) is 0 Å². The first kappa shape index (κ1) is 12.6. The molecular formula is C12H12ClN3O2. The Morgan fingerprint density at radius 2 is 2.28 bits per heavy atom. The molecule has 0 saturated carbocycles. The number of aryl methyl sites for hydroxylation is 1. The van der Waals surface area contributed by atoms with Crippen LogP contribution in [0.5, 0.6) is 11.6 Å². The predicted molar refractivity (Wildman–Crippen MR) is 69.0 cm³/mol. The van der Waals surface area contributed by atoms with Crippen molar-refractivity contribution in [2.45, 2.75) is 13.5 Å². The molecule has 0 bridgehead atoms. The molecule has 0 aliphatic rings. The number of H-pyrrole nitrogens is 1. The van der Waals surface area contributed by atoms with Crippen molar-refractivity contribution < 1.29 is 4.74 Å². The summed E-state index contributed by atoms with van der Waals surface area (Å²) < 4.78 is 5.55. The minimum absolute atomic E-state index is 0.216. The zero-order valence-corrected chi connectivity index (χ0v) is 10.5. The highest BCUT2D eigenvalue weighted by atomic mass is 35.5. The molecule has 5 nitrogen and oxygen atoms in total. The van der Waals surface area contributed by atoms with Gasteiger partial charge in [0.1, 0.15) is 11.6 Å². The molecule has 0 spiro atoms. The van der Waals surface area contributed by atoms with Crippen molar-refractivity contribution >= 4 is 11.6 Å². The summed E-state index contributed by atoms with van der Waals surface area (Å²) in [5.41, 5.74) is 6.02. The summed E-state index contributed by atoms with van der Waals surface area (Å²) >= 11 is 6.01. The van der Waals surface area contributed by atoms with Crippen molar-refractivity contribution in [2.24, 2.45) is 5.73 Å². The van der Waals surface area contributed by atoms with Gasteiger partial charge in [-0.15, -0.1) is 0 Å². The standard InChI is InChI=1S/C12H12ClN3O2/c1-7-15-11(17)5-12(16-7)18-10-4-2-3-9(13)8(10)6-14/h2-5H,6,14H2,1H3,(H,15,16,17). The first-order valence-corrected chi connectivity index (χ1v) is 5.71. The molecule has 0 amide bonds. The first-order chi connectivity index (χ1) is 8.60. The number of hydrogen-bond donors (Lipinski definition) is 2. The number of nitrogens with two attached hydrogens (primary N) is 1. The molecule has 0 aliphatic heterocycles. The van der Waals surface area contributed by atoms with Crippen LogP contribution in [-0.4, -0.2) is 9.97 Å². The molecule has 2 aromatic rings. The molecule has 0 unspecified atom stereocenters. The second kappa shape index (κ2) is 5.20. The monoisotopic (exact) mass is 265 g/mol. The van der Waals surface area contributed by atoms with Crippen LogP contribution in [0.25, 0.3) is 0 Å². The SMILES string of the molecule is Cc1nc(Oc2cccc(Cl)c2CN)cc(=O)[nH]1. The molecular weight excluding hydrogens is 254 g/mol. The van der Waals surface area contributed by atoms with Gasteiger partial charge in [-0.2, -0.15) is 0 Å². The van der Waals surface area contributed by atoms with Crippen LogP contribution in [-0.2, 0) is 6.54 Å². The number of aromatic nitrogens is 2. The third kappa shape index (κ3) is 2.69. The molecule has 6 heteroatoms. The highest BCUT2D eigenvalue weighted by Crippen LogP contribution is 2.28. The fraction of sp³-hybridized carbons (Fsp3) is 0.167.